The Labute approximate surface area is 116 Å². The minimum absolute atomic E-state index is 0.0540. The Kier molecular flexibility index (Phi) is 2.23. The van der Waals surface area contributed by atoms with Crippen LogP contribution < -0.4 is 10.9 Å². The van der Waals surface area contributed by atoms with Gasteiger partial charge in [-0.25, -0.2) is 0 Å². The standard InChI is InChI=1S/C14H17N3O3/c18-10-2-5-17-11(12(10)19)13(20)16(8-15-17)9-6-14(7-9)3-1-4-14/h2,5,9,15,19H,1,3-4,6-8H2. The smallest absolute Gasteiger partial charge is 0.278 e. The number of aromatic nitrogens is 1. The SMILES string of the molecule is O=C1c2c(O)c(=O)ccn2NCN1C1CC2(CCC2)C1. The fourth-order valence-corrected chi connectivity index (χ4v) is 3.76. The van der Waals surface area contributed by atoms with E-state index in [0.29, 0.717) is 12.1 Å². The van der Waals surface area contributed by atoms with Crippen LogP contribution in [0.1, 0.15) is 42.6 Å². The maximum atomic E-state index is 12.5. The van der Waals surface area contributed by atoms with Gasteiger partial charge >= 0.3 is 0 Å². The van der Waals surface area contributed by atoms with Crippen molar-refractivity contribution >= 4 is 5.91 Å². The number of amides is 1. The molecule has 6 heteroatoms. The van der Waals surface area contributed by atoms with E-state index in [-0.39, 0.29) is 17.6 Å². The van der Waals surface area contributed by atoms with Crippen LogP contribution in [0.3, 0.4) is 0 Å². The third kappa shape index (κ3) is 1.44. The van der Waals surface area contributed by atoms with Crippen molar-refractivity contribution in [1.82, 2.24) is 9.58 Å². The molecular formula is C14H17N3O3. The number of nitrogens with zero attached hydrogens (tertiary/aromatic N) is 2. The van der Waals surface area contributed by atoms with Gasteiger partial charge in [-0.05, 0) is 31.1 Å². The molecule has 1 aromatic heterocycles. The van der Waals surface area contributed by atoms with Crippen LogP contribution in [0.4, 0.5) is 0 Å². The van der Waals surface area contributed by atoms with Crippen molar-refractivity contribution in [2.24, 2.45) is 5.41 Å². The van der Waals surface area contributed by atoms with Gasteiger partial charge in [-0.1, -0.05) is 6.42 Å². The maximum absolute atomic E-state index is 12.5. The van der Waals surface area contributed by atoms with Gasteiger partial charge in [0.05, 0.1) is 0 Å². The predicted molar refractivity (Wildman–Crippen MR) is 72.1 cm³/mol. The zero-order valence-electron chi connectivity index (χ0n) is 11.1. The van der Waals surface area contributed by atoms with Crippen molar-refractivity contribution in [3.8, 4) is 5.75 Å². The summed E-state index contributed by atoms with van der Waals surface area (Å²) in [7, 11) is 0. The monoisotopic (exact) mass is 275 g/mol. The summed E-state index contributed by atoms with van der Waals surface area (Å²) in [6.45, 7) is 0.425. The van der Waals surface area contributed by atoms with E-state index in [9.17, 15) is 14.7 Å². The molecule has 20 heavy (non-hydrogen) atoms. The van der Waals surface area contributed by atoms with E-state index in [4.69, 9.17) is 0 Å². The average molecular weight is 275 g/mol. The first-order valence-corrected chi connectivity index (χ1v) is 7.09. The van der Waals surface area contributed by atoms with Gasteiger partial charge in [-0.2, -0.15) is 0 Å². The number of aromatic hydroxyl groups is 1. The molecule has 3 aliphatic rings. The lowest BCUT2D eigenvalue weighted by Crippen LogP contribution is -2.59. The number of hydrogen-bond donors (Lipinski definition) is 2. The van der Waals surface area contributed by atoms with E-state index in [1.54, 1.807) is 4.90 Å². The Hall–Kier alpha value is -1.98. The van der Waals surface area contributed by atoms with Crippen LogP contribution >= 0.6 is 0 Å². The van der Waals surface area contributed by atoms with Crippen LogP contribution in [-0.2, 0) is 0 Å². The van der Waals surface area contributed by atoms with Crippen LogP contribution in [-0.4, -0.2) is 33.3 Å². The Bertz CT molecular complexity index is 640. The molecule has 0 atom stereocenters. The molecule has 1 spiro atoms. The lowest BCUT2D eigenvalue weighted by molar-refractivity contribution is -0.0461. The summed E-state index contributed by atoms with van der Waals surface area (Å²) in [6, 6.07) is 1.49. The van der Waals surface area contributed by atoms with Crippen molar-refractivity contribution in [1.29, 1.82) is 0 Å². The third-order valence-electron chi connectivity index (χ3n) is 5.14. The molecular weight excluding hydrogens is 258 g/mol. The van der Waals surface area contributed by atoms with E-state index in [1.165, 1.54) is 36.2 Å². The molecule has 2 fully saturated rings. The molecule has 1 amide bonds. The normalized spacial score (nSPS) is 23.8. The molecule has 2 aliphatic carbocycles. The van der Waals surface area contributed by atoms with Crippen LogP contribution in [0.5, 0.6) is 5.75 Å². The molecule has 4 rings (SSSR count). The van der Waals surface area contributed by atoms with Crippen LogP contribution in [0.25, 0.3) is 0 Å². The average Bonchev–Trinajstić information content (AvgIpc) is 2.32. The number of rotatable bonds is 1. The largest absolute Gasteiger partial charge is 0.502 e. The maximum Gasteiger partial charge on any atom is 0.278 e. The quantitative estimate of drug-likeness (QED) is 0.796. The first kappa shape index (κ1) is 11.8. The lowest BCUT2D eigenvalue weighted by atomic mass is 9.54. The van der Waals surface area contributed by atoms with Crippen molar-refractivity contribution in [2.45, 2.75) is 38.1 Å². The Balaban J connectivity index is 1.61. The van der Waals surface area contributed by atoms with Gasteiger partial charge in [0.1, 0.15) is 6.67 Å². The molecule has 0 aromatic carbocycles. The molecule has 0 bridgehead atoms. The van der Waals surface area contributed by atoms with E-state index in [0.717, 1.165) is 12.8 Å². The first-order valence-electron chi connectivity index (χ1n) is 7.09. The molecule has 106 valence electrons. The van der Waals surface area contributed by atoms with Crippen LogP contribution in [0.2, 0.25) is 0 Å². The Morgan fingerprint density at radius 3 is 2.70 bits per heavy atom. The van der Waals surface area contributed by atoms with Crippen molar-refractivity contribution in [3.63, 3.8) is 0 Å². The van der Waals surface area contributed by atoms with Crippen molar-refractivity contribution in [2.75, 3.05) is 12.1 Å². The van der Waals surface area contributed by atoms with Gasteiger partial charge in [0.2, 0.25) is 5.43 Å². The third-order valence-corrected chi connectivity index (χ3v) is 5.14. The van der Waals surface area contributed by atoms with E-state index < -0.39 is 11.2 Å². The highest BCUT2D eigenvalue weighted by Crippen LogP contribution is 2.57. The molecule has 1 aliphatic heterocycles. The van der Waals surface area contributed by atoms with Gasteiger partial charge < -0.3 is 15.4 Å². The number of fused-ring (bicyclic) bond motifs is 1. The van der Waals surface area contributed by atoms with Gasteiger partial charge in [-0.3, -0.25) is 14.3 Å². The fraction of sp³-hybridized carbons (Fsp3) is 0.571. The zero-order chi connectivity index (χ0) is 13.9. The highest BCUT2D eigenvalue weighted by Gasteiger charge is 2.51. The summed E-state index contributed by atoms with van der Waals surface area (Å²) in [5.41, 5.74) is 3.07. The van der Waals surface area contributed by atoms with Crippen molar-refractivity contribution in [3.05, 3.63) is 28.2 Å². The predicted octanol–water partition coefficient (Wildman–Crippen LogP) is 0.843. The Morgan fingerprint density at radius 1 is 1.30 bits per heavy atom. The summed E-state index contributed by atoms with van der Waals surface area (Å²) in [5.74, 6) is -0.717. The molecule has 2 N–H and O–H groups in total. The second-order valence-corrected chi connectivity index (χ2v) is 6.25. The highest BCUT2D eigenvalue weighted by atomic mass is 16.3. The van der Waals surface area contributed by atoms with Gasteiger partial charge in [0.15, 0.2) is 11.4 Å². The number of hydrogen-bond acceptors (Lipinski definition) is 4. The van der Waals surface area contributed by atoms with Crippen LogP contribution in [0.15, 0.2) is 17.1 Å². The van der Waals surface area contributed by atoms with E-state index in [2.05, 4.69) is 5.43 Å². The first-order chi connectivity index (χ1) is 9.60. The van der Waals surface area contributed by atoms with E-state index in [1.807, 2.05) is 0 Å². The second kappa shape index (κ2) is 3.77. The summed E-state index contributed by atoms with van der Waals surface area (Å²) < 4.78 is 1.44. The fourth-order valence-electron chi connectivity index (χ4n) is 3.76. The van der Waals surface area contributed by atoms with E-state index >= 15 is 0 Å². The molecule has 2 heterocycles. The zero-order valence-corrected chi connectivity index (χ0v) is 11.1. The highest BCUT2D eigenvalue weighted by molar-refractivity contribution is 5.96. The summed E-state index contributed by atoms with van der Waals surface area (Å²) >= 11 is 0. The molecule has 2 saturated carbocycles. The van der Waals surface area contributed by atoms with Gasteiger partial charge in [0, 0.05) is 18.3 Å². The number of carbonyl (C=O) groups is 1. The molecule has 0 unspecified atom stereocenters. The number of pyridine rings is 1. The van der Waals surface area contributed by atoms with Crippen LogP contribution in [0, 0.1) is 5.41 Å². The Morgan fingerprint density at radius 2 is 2.05 bits per heavy atom. The summed E-state index contributed by atoms with van der Waals surface area (Å²) in [5, 5.41) is 9.84. The topological polar surface area (TPSA) is 74.6 Å². The molecule has 0 saturated heterocycles. The molecule has 6 nitrogen and oxygen atoms in total. The number of carbonyl (C=O) groups excluding carboxylic acids is 1. The van der Waals surface area contributed by atoms with Gasteiger partial charge in [0.25, 0.3) is 5.91 Å². The lowest BCUT2D eigenvalue weighted by Gasteiger charge is -2.57. The minimum Gasteiger partial charge on any atom is -0.502 e. The number of nitrogens with one attached hydrogen (secondary N) is 1. The summed E-state index contributed by atoms with van der Waals surface area (Å²) in [6.07, 6.45) is 7.45. The van der Waals surface area contributed by atoms with Crippen molar-refractivity contribution < 1.29 is 9.90 Å². The summed E-state index contributed by atoms with van der Waals surface area (Å²) in [4.78, 5) is 25.7. The molecule has 1 aromatic rings. The second-order valence-electron chi connectivity index (χ2n) is 6.25. The minimum atomic E-state index is -0.516. The molecule has 0 radical (unpaired) electrons. The van der Waals surface area contributed by atoms with Gasteiger partial charge in [-0.15, -0.1) is 0 Å².